The number of rotatable bonds is 0. The zero-order chi connectivity index (χ0) is 8.69. The van der Waals surface area contributed by atoms with Crippen LogP contribution in [0.5, 0.6) is 0 Å². The highest BCUT2D eigenvalue weighted by atomic mass is 16.2. The lowest BCUT2D eigenvalue weighted by atomic mass is 10.4. The molecule has 5 heteroatoms. The highest BCUT2D eigenvalue weighted by Crippen LogP contribution is 1.90. The van der Waals surface area contributed by atoms with Crippen LogP contribution >= 0.6 is 0 Å². The van der Waals surface area contributed by atoms with Gasteiger partial charge in [0.05, 0.1) is 0 Å². The first kappa shape index (κ1) is 9.90. The molecule has 1 aliphatic heterocycles. The summed E-state index contributed by atoms with van der Waals surface area (Å²) in [6, 6.07) is 0. The van der Waals surface area contributed by atoms with Crippen LogP contribution in [0.4, 0.5) is 0 Å². The Hall–Kier alpha value is -1.10. The molecule has 11 heavy (non-hydrogen) atoms. The minimum absolute atomic E-state index is 1.10. The average Bonchev–Trinajstić information content (AvgIpc) is 2.41. The molecule has 1 aliphatic rings. The van der Waals surface area contributed by atoms with Gasteiger partial charge in [-0.25, -0.2) is 0 Å². The molecular formula is C6H13N3O2. The Morgan fingerprint density at radius 2 is 1.36 bits per heavy atom. The largest absolute Gasteiger partial charge is 0.361 e. The van der Waals surface area contributed by atoms with Crippen molar-refractivity contribution in [2.45, 2.75) is 12.8 Å². The molecule has 0 saturated carbocycles. The topological polar surface area (TPSA) is 98.2 Å². The molecule has 0 aromatic carbocycles. The Morgan fingerprint density at radius 3 is 1.45 bits per heavy atom. The molecule has 0 radical (unpaired) electrons. The van der Waals surface area contributed by atoms with Gasteiger partial charge in [0.2, 0.25) is 0 Å². The van der Waals surface area contributed by atoms with E-state index in [4.69, 9.17) is 0 Å². The van der Waals surface area contributed by atoms with Gasteiger partial charge in [-0.05, 0) is 25.9 Å². The fourth-order valence-corrected chi connectivity index (χ4v) is 0.625. The summed E-state index contributed by atoms with van der Waals surface area (Å²) in [5.41, 5.74) is 8.64. The second-order valence-corrected chi connectivity index (χ2v) is 2.19. The van der Waals surface area contributed by atoms with Crippen LogP contribution in [-0.4, -0.2) is 24.9 Å². The van der Waals surface area contributed by atoms with Gasteiger partial charge in [0.1, 0.15) is 0 Å². The second-order valence-electron chi connectivity index (χ2n) is 2.19. The number of carbonyl (C=O) groups excluding carboxylic acids is 2. The van der Waals surface area contributed by atoms with Gasteiger partial charge in [-0.15, -0.1) is 0 Å². The first-order valence-electron chi connectivity index (χ1n) is 3.44. The third-order valence-electron chi connectivity index (χ3n) is 1.20. The van der Waals surface area contributed by atoms with Gasteiger partial charge < -0.3 is 16.8 Å². The molecular weight excluding hydrogens is 146 g/mol. The van der Waals surface area contributed by atoms with Crippen molar-refractivity contribution in [2.75, 3.05) is 13.1 Å². The van der Waals surface area contributed by atoms with Gasteiger partial charge >= 0.3 is 11.8 Å². The second kappa shape index (κ2) is 5.67. The van der Waals surface area contributed by atoms with Crippen LogP contribution in [0, 0.1) is 0 Å². The van der Waals surface area contributed by atoms with Gasteiger partial charge in [0.25, 0.3) is 0 Å². The SMILES string of the molecule is C1CCNC1.NC(=O)C(N)=O. The first-order chi connectivity index (χ1) is 5.14. The van der Waals surface area contributed by atoms with E-state index in [1.54, 1.807) is 0 Å². The molecule has 1 fully saturated rings. The van der Waals surface area contributed by atoms with Crippen molar-refractivity contribution in [2.24, 2.45) is 11.5 Å². The van der Waals surface area contributed by atoms with E-state index in [9.17, 15) is 9.59 Å². The van der Waals surface area contributed by atoms with E-state index in [2.05, 4.69) is 16.8 Å². The van der Waals surface area contributed by atoms with Gasteiger partial charge in [-0.1, -0.05) is 0 Å². The summed E-state index contributed by atoms with van der Waals surface area (Å²) in [7, 11) is 0. The Kier molecular flexibility index (Phi) is 5.10. The minimum atomic E-state index is -1.10. The van der Waals surface area contributed by atoms with Crippen molar-refractivity contribution in [3.63, 3.8) is 0 Å². The summed E-state index contributed by atoms with van der Waals surface area (Å²) in [5, 5.41) is 3.22. The maximum Gasteiger partial charge on any atom is 0.306 e. The molecule has 0 unspecified atom stereocenters. The van der Waals surface area contributed by atoms with Crippen LogP contribution in [0.2, 0.25) is 0 Å². The summed E-state index contributed by atoms with van der Waals surface area (Å²) in [6.07, 6.45) is 2.78. The molecule has 0 bridgehead atoms. The van der Waals surface area contributed by atoms with E-state index in [1.807, 2.05) is 0 Å². The van der Waals surface area contributed by atoms with Crippen molar-refractivity contribution < 1.29 is 9.59 Å². The fraction of sp³-hybridized carbons (Fsp3) is 0.667. The predicted molar refractivity (Wildman–Crippen MR) is 40.5 cm³/mol. The highest BCUT2D eigenvalue weighted by molar-refractivity contribution is 6.33. The van der Waals surface area contributed by atoms with Crippen LogP contribution in [0.1, 0.15) is 12.8 Å². The zero-order valence-electron chi connectivity index (χ0n) is 6.30. The van der Waals surface area contributed by atoms with Crippen molar-refractivity contribution >= 4 is 11.8 Å². The van der Waals surface area contributed by atoms with Gasteiger partial charge in [0.15, 0.2) is 0 Å². The Bertz CT molecular complexity index is 123. The normalized spacial score (nSPS) is 14.9. The molecule has 1 heterocycles. The van der Waals surface area contributed by atoms with Crippen LogP contribution < -0.4 is 16.8 Å². The number of primary amides is 2. The first-order valence-corrected chi connectivity index (χ1v) is 3.44. The summed E-state index contributed by atoms with van der Waals surface area (Å²) >= 11 is 0. The van der Waals surface area contributed by atoms with Gasteiger partial charge in [-0.2, -0.15) is 0 Å². The van der Waals surface area contributed by atoms with Gasteiger partial charge in [0, 0.05) is 0 Å². The van der Waals surface area contributed by atoms with E-state index in [0.29, 0.717) is 0 Å². The zero-order valence-corrected chi connectivity index (χ0v) is 6.30. The lowest BCUT2D eigenvalue weighted by Gasteiger charge is -1.76. The average molecular weight is 159 g/mol. The third-order valence-corrected chi connectivity index (χ3v) is 1.20. The number of hydrogen-bond donors (Lipinski definition) is 3. The standard InChI is InChI=1S/C4H9N.C2H4N2O2/c1-2-4-5-3-1;3-1(5)2(4)6/h5H,1-4H2;(H2,3,5)(H2,4,6). The molecule has 0 spiro atoms. The van der Waals surface area contributed by atoms with Crippen molar-refractivity contribution in [3.05, 3.63) is 0 Å². The predicted octanol–water partition coefficient (Wildman–Crippen LogP) is -1.67. The highest BCUT2D eigenvalue weighted by Gasteiger charge is 1.96. The molecule has 0 aromatic heterocycles. The van der Waals surface area contributed by atoms with Crippen molar-refractivity contribution in [1.29, 1.82) is 0 Å². The summed E-state index contributed by atoms with van der Waals surface area (Å²) < 4.78 is 0. The fourth-order valence-electron chi connectivity index (χ4n) is 0.625. The number of carbonyl (C=O) groups is 2. The van der Waals surface area contributed by atoms with Crippen molar-refractivity contribution in [3.8, 4) is 0 Å². The Balaban J connectivity index is 0.000000183. The van der Waals surface area contributed by atoms with E-state index >= 15 is 0 Å². The molecule has 5 N–H and O–H groups in total. The smallest absolute Gasteiger partial charge is 0.306 e. The Labute approximate surface area is 65.1 Å². The van der Waals surface area contributed by atoms with Crippen molar-refractivity contribution in [1.82, 2.24) is 5.32 Å². The van der Waals surface area contributed by atoms with Crippen LogP contribution in [-0.2, 0) is 9.59 Å². The molecule has 0 atom stereocenters. The molecule has 64 valence electrons. The van der Waals surface area contributed by atoms with Gasteiger partial charge in [-0.3, -0.25) is 9.59 Å². The molecule has 2 amide bonds. The lowest BCUT2D eigenvalue weighted by Crippen LogP contribution is -2.29. The van der Waals surface area contributed by atoms with E-state index in [-0.39, 0.29) is 0 Å². The molecule has 0 aliphatic carbocycles. The number of amides is 2. The minimum Gasteiger partial charge on any atom is -0.361 e. The van der Waals surface area contributed by atoms with Crippen LogP contribution in [0.15, 0.2) is 0 Å². The van der Waals surface area contributed by atoms with Crippen LogP contribution in [0.3, 0.4) is 0 Å². The number of nitrogens with one attached hydrogen (secondary N) is 1. The van der Waals surface area contributed by atoms with E-state index < -0.39 is 11.8 Å². The lowest BCUT2D eigenvalue weighted by molar-refractivity contribution is -0.135. The number of nitrogens with two attached hydrogens (primary N) is 2. The monoisotopic (exact) mass is 159 g/mol. The Morgan fingerprint density at radius 1 is 1.00 bits per heavy atom. The molecule has 1 rings (SSSR count). The molecule has 1 saturated heterocycles. The maximum atomic E-state index is 9.45. The maximum absolute atomic E-state index is 9.45. The quantitative estimate of drug-likeness (QED) is 0.368. The summed E-state index contributed by atoms with van der Waals surface area (Å²) in [4.78, 5) is 18.9. The van der Waals surface area contributed by atoms with E-state index in [0.717, 1.165) is 0 Å². The third kappa shape index (κ3) is 6.79. The summed E-state index contributed by atoms with van der Waals surface area (Å²) in [5.74, 6) is -2.20. The molecule has 5 nitrogen and oxygen atoms in total. The summed E-state index contributed by atoms with van der Waals surface area (Å²) in [6.45, 7) is 2.50. The molecule has 0 aromatic rings. The van der Waals surface area contributed by atoms with E-state index in [1.165, 1.54) is 25.9 Å². The van der Waals surface area contributed by atoms with Crippen LogP contribution in [0.25, 0.3) is 0 Å². The number of hydrogen-bond acceptors (Lipinski definition) is 3.